The summed E-state index contributed by atoms with van der Waals surface area (Å²) in [5.74, 6) is -0.402. The van der Waals surface area contributed by atoms with Gasteiger partial charge in [0.25, 0.3) is 11.5 Å². The van der Waals surface area contributed by atoms with Crippen molar-refractivity contribution in [2.75, 3.05) is 5.75 Å². The zero-order chi connectivity index (χ0) is 24.2. The lowest BCUT2D eigenvalue weighted by Gasteiger charge is -2.13. The third-order valence-electron chi connectivity index (χ3n) is 4.61. The van der Waals surface area contributed by atoms with Gasteiger partial charge in [-0.05, 0) is 64.5 Å². The van der Waals surface area contributed by atoms with Crippen molar-refractivity contribution in [1.82, 2.24) is 15.0 Å². The maximum absolute atomic E-state index is 13.2. The summed E-state index contributed by atoms with van der Waals surface area (Å²) in [5.41, 5.74) is 3.84. The fraction of sp³-hybridized carbons (Fsp3) is 0.0435. The number of hydrogen-bond acceptors (Lipinski definition) is 6. The molecule has 4 rings (SSSR count). The van der Waals surface area contributed by atoms with E-state index in [0.717, 1.165) is 20.7 Å². The van der Waals surface area contributed by atoms with Crippen LogP contribution in [0, 0.1) is 0 Å². The molecule has 0 aliphatic heterocycles. The number of rotatable bonds is 6. The lowest BCUT2D eigenvalue weighted by Crippen LogP contribution is -2.24. The van der Waals surface area contributed by atoms with E-state index in [-0.39, 0.29) is 23.0 Å². The molecule has 0 spiro atoms. The molecule has 0 radical (unpaired) electrons. The fourth-order valence-corrected chi connectivity index (χ4v) is 5.38. The summed E-state index contributed by atoms with van der Waals surface area (Å²) in [6.45, 7) is 0. The number of hydrazone groups is 1. The molecule has 7 nitrogen and oxygen atoms in total. The number of carbonyl (C=O) groups excluding carboxylic acids is 1. The summed E-state index contributed by atoms with van der Waals surface area (Å²) in [6.07, 6.45) is 1.35. The Morgan fingerprint density at radius 3 is 2.59 bits per heavy atom. The third-order valence-corrected chi connectivity index (χ3v) is 7.14. The summed E-state index contributed by atoms with van der Waals surface area (Å²) in [4.78, 5) is 30.3. The van der Waals surface area contributed by atoms with Gasteiger partial charge < -0.3 is 5.11 Å². The normalized spacial score (nSPS) is 11.3. The van der Waals surface area contributed by atoms with Crippen molar-refractivity contribution in [3.63, 3.8) is 0 Å². The highest BCUT2D eigenvalue weighted by atomic mass is 79.9. The van der Waals surface area contributed by atoms with Gasteiger partial charge in [0, 0.05) is 14.5 Å². The van der Waals surface area contributed by atoms with Crippen LogP contribution in [0.15, 0.2) is 89.1 Å². The van der Waals surface area contributed by atoms with E-state index < -0.39 is 0 Å². The predicted octanol–water partition coefficient (Wildman–Crippen LogP) is 5.62. The highest BCUT2D eigenvalue weighted by molar-refractivity contribution is 9.11. The van der Waals surface area contributed by atoms with Gasteiger partial charge in [-0.1, -0.05) is 55.8 Å². The van der Waals surface area contributed by atoms with Gasteiger partial charge in [0.1, 0.15) is 5.75 Å². The molecule has 0 saturated heterocycles. The molecule has 0 atom stereocenters. The SMILES string of the molecule is O=C(CSc1nc2ccccc2c(=O)n1-c1ccc(Br)cc1)N/N=C/c1cc(Br)cc(Br)c1O. The third kappa shape index (κ3) is 5.60. The van der Waals surface area contributed by atoms with Crippen LogP contribution in [0.4, 0.5) is 0 Å². The van der Waals surface area contributed by atoms with E-state index in [2.05, 4.69) is 63.3 Å². The van der Waals surface area contributed by atoms with Gasteiger partial charge in [0.15, 0.2) is 5.16 Å². The molecule has 0 aliphatic carbocycles. The molecular weight excluding hydrogens is 652 g/mol. The average molecular weight is 667 g/mol. The summed E-state index contributed by atoms with van der Waals surface area (Å²) in [5, 5.41) is 14.9. The molecule has 34 heavy (non-hydrogen) atoms. The number of amides is 1. The highest BCUT2D eigenvalue weighted by Gasteiger charge is 2.15. The summed E-state index contributed by atoms with van der Waals surface area (Å²) in [7, 11) is 0. The molecule has 3 aromatic carbocycles. The van der Waals surface area contributed by atoms with Gasteiger partial charge in [-0.15, -0.1) is 0 Å². The lowest BCUT2D eigenvalue weighted by atomic mass is 10.2. The van der Waals surface area contributed by atoms with Crippen LogP contribution in [0.1, 0.15) is 5.56 Å². The Bertz CT molecular complexity index is 1470. The van der Waals surface area contributed by atoms with Crippen LogP contribution >= 0.6 is 59.6 Å². The van der Waals surface area contributed by atoms with Gasteiger partial charge in [-0.2, -0.15) is 5.10 Å². The van der Waals surface area contributed by atoms with Crippen LogP contribution in [0.25, 0.3) is 16.6 Å². The van der Waals surface area contributed by atoms with Crippen molar-refractivity contribution in [2.45, 2.75) is 5.16 Å². The van der Waals surface area contributed by atoms with Crippen molar-refractivity contribution in [2.24, 2.45) is 5.10 Å². The van der Waals surface area contributed by atoms with Crippen molar-refractivity contribution in [3.05, 3.63) is 90.0 Å². The quantitative estimate of drug-likeness (QED) is 0.121. The number of aromatic hydroxyl groups is 1. The van der Waals surface area contributed by atoms with Crippen LogP contribution in [-0.4, -0.2) is 32.5 Å². The minimum atomic E-state index is -0.389. The Kier molecular flexibility index (Phi) is 7.87. The molecule has 0 aliphatic rings. The molecule has 0 bridgehead atoms. The van der Waals surface area contributed by atoms with Crippen LogP contribution in [0.3, 0.4) is 0 Å². The molecule has 4 aromatic rings. The molecule has 2 N–H and O–H groups in total. The molecule has 11 heteroatoms. The monoisotopic (exact) mass is 664 g/mol. The number of phenolic OH excluding ortho intramolecular Hbond substituents is 1. The van der Waals surface area contributed by atoms with Crippen molar-refractivity contribution >= 4 is 82.6 Å². The van der Waals surface area contributed by atoms with E-state index >= 15 is 0 Å². The number of nitrogens with zero attached hydrogens (tertiary/aromatic N) is 3. The molecule has 0 saturated carbocycles. The smallest absolute Gasteiger partial charge is 0.266 e. The van der Waals surface area contributed by atoms with E-state index in [1.54, 1.807) is 42.5 Å². The summed E-state index contributed by atoms with van der Waals surface area (Å²) < 4.78 is 3.62. The number of fused-ring (bicyclic) bond motifs is 1. The first-order valence-corrected chi connectivity index (χ1v) is 13.1. The Labute approximate surface area is 223 Å². The van der Waals surface area contributed by atoms with Crippen LogP contribution in [0.2, 0.25) is 0 Å². The second-order valence-corrected chi connectivity index (χ2v) is 10.6. The zero-order valence-electron chi connectivity index (χ0n) is 17.2. The van der Waals surface area contributed by atoms with E-state index in [1.807, 2.05) is 18.2 Å². The summed E-state index contributed by atoms with van der Waals surface area (Å²) >= 11 is 11.1. The molecule has 1 aromatic heterocycles. The first-order chi connectivity index (χ1) is 16.3. The molecule has 1 heterocycles. The number of para-hydroxylation sites is 1. The molecular formula is C23H15Br3N4O3S. The van der Waals surface area contributed by atoms with Gasteiger partial charge in [0.05, 0.1) is 33.0 Å². The molecule has 0 fully saturated rings. The Balaban J connectivity index is 1.56. The average Bonchev–Trinajstić information content (AvgIpc) is 2.82. The number of hydrogen-bond donors (Lipinski definition) is 2. The van der Waals surface area contributed by atoms with Crippen LogP contribution in [0.5, 0.6) is 5.75 Å². The minimum Gasteiger partial charge on any atom is -0.506 e. The minimum absolute atomic E-state index is 0.00875. The number of aromatic nitrogens is 2. The van der Waals surface area contributed by atoms with E-state index in [9.17, 15) is 14.7 Å². The maximum Gasteiger partial charge on any atom is 0.266 e. The number of thioether (sulfide) groups is 1. The second kappa shape index (κ2) is 10.9. The maximum atomic E-state index is 13.2. The Morgan fingerprint density at radius 2 is 1.82 bits per heavy atom. The van der Waals surface area contributed by atoms with E-state index in [0.29, 0.717) is 31.8 Å². The van der Waals surface area contributed by atoms with Crippen molar-refractivity contribution in [1.29, 1.82) is 0 Å². The molecule has 1 amide bonds. The second-order valence-electron chi connectivity index (χ2n) is 6.94. The fourth-order valence-electron chi connectivity index (χ4n) is 3.05. The van der Waals surface area contributed by atoms with Gasteiger partial charge >= 0.3 is 0 Å². The highest BCUT2D eigenvalue weighted by Crippen LogP contribution is 2.30. The number of carbonyl (C=O) groups is 1. The molecule has 172 valence electrons. The van der Waals surface area contributed by atoms with Crippen molar-refractivity contribution < 1.29 is 9.90 Å². The number of halogens is 3. The van der Waals surface area contributed by atoms with Gasteiger partial charge in [-0.3, -0.25) is 14.2 Å². The first-order valence-electron chi connectivity index (χ1n) is 9.74. The lowest BCUT2D eigenvalue weighted by molar-refractivity contribution is -0.118. The topological polar surface area (TPSA) is 96.6 Å². The van der Waals surface area contributed by atoms with Gasteiger partial charge in [0.2, 0.25) is 0 Å². The Hall–Kier alpha value is -2.47. The number of benzene rings is 3. The van der Waals surface area contributed by atoms with E-state index in [4.69, 9.17) is 0 Å². The predicted molar refractivity (Wildman–Crippen MR) is 145 cm³/mol. The standard InChI is InChI=1S/C23H15Br3N4O3S/c24-14-5-7-16(8-6-14)30-22(33)17-3-1-2-4-19(17)28-23(30)34-12-20(31)29-27-11-13-9-15(25)10-18(26)21(13)32/h1-11,32H,12H2,(H,29,31)/b27-11+. The summed E-state index contributed by atoms with van der Waals surface area (Å²) in [6, 6.07) is 17.7. The van der Waals surface area contributed by atoms with Gasteiger partial charge in [-0.25, -0.2) is 10.4 Å². The largest absolute Gasteiger partial charge is 0.506 e. The number of phenols is 1. The van der Waals surface area contributed by atoms with Crippen LogP contribution < -0.4 is 11.0 Å². The number of nitrogens with one attached hydrogen (secondary N) is 1. The van der Waals surface area contributed by atoms with E-state index in [1.165, 1.54) is 10.8 Å². The van der Waals surface area contributed by atoms with Crippen molar-refractivity contribution in [3.8, 4) is 11.4 Å². The molecule has 0 unspecified atom stereocenters. The first kappa shape index (κ1) is 24.6. The Morgan fingerprint density at radius 1 is 1.09 bits per heavy atom. The zero-order valence-corrected chi connectivity index (χ0v) is 22.8. The van der Waals surface area contributed by atoms with Crippen LogP contribution in [-0.2, 0) is 4.79 Å².